The lowest BCUT2D eigenvalue weighted by molar-refractivity contribution is -0.130. The van der Waals surface area contributed by atoms with Gasteiger partial charge in [-0.25, -0.2) is 9.37 Å². The summed E-state index contributed by atoms with van der Waals surface area (Å²) in [6, 6.07) is 8.99. The highest BCUT2D eigenvalue weighted by molar-refractivity contribution is 5.81. The number of fused-ring (bicyclic) bond motifs is 1. The van der Waals surface area contributed by atoms with Crippen LogP contribution in [0.3, 0.4) is 0 Å². The average Bonchev–Trinajstić information content (AvgIpc) is 2.80. The Bertz CT molecular complexity index is 1130. The number of rotatable bonds is 10. The Balaban J connectivity index is 1.52. The van der Waals surface area contributed by atoms with Crippen molar-refractivity contribution in [3.8, 4) is 17.2 Å². The molecule has 9 heteroatoms. The van der Waals surface area contributed by atoms with E-state index in [1.54, 1.807) is 24.1 Å². The molecule has 0 bridgehead atoms. The molecule has 0 aliphatic heterocycles. The number of aromatic nitrogens is 2. The number of benzene rings is 2. The molecule has 1 amide bonds. The minimum atomic E-state index is -0.329. The van der Waals surface area contributed by atoms with E-state index in [9.17, 15) is 14.0 Å². The number of carbonyl (C=O) groups excluding carboxylic acids is 1. The Morgan fingerprint density at radius 2 is 1.81 bits per heavy atom. The molecule has 1 heterocycles. The number of hydrogen-bond acceptors (Lipinski definition) is 6. The molecule has 0 spiro atoms. The topological polar surface area (TPSA) is 82.9 Å². The molecule has 3 aromatic rings. The Morgan fingerprint density at radius 1 is 1.12 bits per heavy atom. The molecule has 0 aliphatic rings. The molecule has 0 N–H and O–H groups in total. The van der Waals surface area contributed by atoms with E-state index in [2.05, 4.69) is 4.98 Å². The fourth-order valence-electron chi connectivity index (χ4n) is 3.19. The lowest BCUT2D eigenvalue weighted by Gasteiger charge is -2.17. The molecule has 0 saturated carbocycles. The first-order valence-corrected chi connectivity index (χ1v) is 10.2. The number of amides is 1. The average molecular weight is 443 g/mol. The molecule has 3 rings (SSSR count). The van der Waals surface area contributed by atoms with Crippen LogP contribution in [0.5, 0.6) is 17.2 Å². The molecule has 0 fully saturated rings. The lowest BCUT2D eigenvalue weighted by Crippen LogP contribution is -2.31. The Hall–Kier alpha value is -3.62. The summed E-state index contributed by atoms with van der Waals surface area (Å²) >= 11 is 0. The van der Waals surface area contributed by atoms with Gasteiger partial charge in [-0.15, -0.1) is 0 Å². The van der Waals surface area contributed by atoms with Gasteiger partial charge in [-0.2, -0.15) is 0 Å². The zero-order valence-corrected chi connectivity index (χ0v) is 18.3. The van der Waals surface area contributed by atoms with Crippen LogP contribution in [0.4, 0.5) is 4.39 Å². The van der Waals surface area contributed by atoms with Gasteiger partial charge in [0.2, 0.25) is 5.91 Å². The van der Waals surface area contributed by atoms with Crippen LogP contribution in [-0.4, -0.2) is 54.8 Å². The maximum atomic E-state index is 12.9. The fourth-order valence-corrected chi connectivity index (χ4v) is 3.19. The van der Waals surface area contributed by atoms with E-state index in [1.165, 1.54) is 49.4 Å². The number of methoxy groups -OCH3 is 2. The highest BCUT2D eigenvalue weighted by Crippen LogP contribution is 2.29. The van der Waals surface area contributed by atoms with Crippen molar-refractivity contribution in [2.45, 2.75) is 19.4 Å². The third-order valence-electron chi connectivity index (χ3n) is 5.05. The van der Waals surface area contributed by atoms with E-state index in [1.807, 2.05) is 0 Å². The van der Waals surface area contributed by atoms with E-state index in [-0.39, 0.29) is 23.7 Å². The number of ether oxygens (including phenoxy) is 3. The van der Waals surface area contributed by atoms with Crippen molar-refractivity contribution >= 4 is 16.8 Å². The normalized spacial score (nSPS) is 10.8. The van der Waals surface area contributed by atoms with Crippen LogP contribution < -0.4 is 19.8 Å². The van der Waals surface area contributed by atoms with Crippen LogP contribution in [0.25, 0.3) is 10.9 Å². The van der Waals surface area contributed by atoms with Crippen LogP contribution in [0.2, 0.25) is 0 Å². The maximum absolute atomic E-state index is 12.9. The molecule has 0 radical (unpaired) electrons. The quantitative estimate of drug-likeness (QED) is 0.479. The zero-order chi connectivity index (χ0) is 23.1. The van der Waals surface area contributed by atoms with Crippen molar-refractivity contribution < 1.29 is 23.4 Å². The molecule has 32 heavy (non-hydrogen) atoms. The minimum Gasteiger partial charge on any atom is -0.493 e. The Kier molecular flexibility index (Phi) is 7.64. The van der Waals surface area contributed by atoms with E-state index in [4.69, 9.17) is 14.2 Å². The number of halogens is 1. The van der Waals surface area contributed by atoms with Crippen LogP contribution in [0.1, 0.15) is 12.8 Å². The highest BCUT2D eigenvalue weighted by atomic mass is 19.1. The predicted octanol–water partition coefficient (Wildman–Crippen LogP) is 2.87. The summed E-state index contributed by atoms with van der Waals surface area (Å²) in [7, 11) is 4.72. The van der Waals surface area contributed by atoms with Crippen LogP contribution in [-0.2, 0) is 11.3 Å². The summed E-state index contributed by atoms with van der Waals surface area (Å²) in [5.41, 5.74) is 0.310. The monoisotopic (exact) mass is 443 g/mol. The zero-order valence-electron chi connectivity index (χ0n) is 18.3. The van der Waals surface area contributed by atoms with Crippen molar-refractivity contribution in [1.82, 2.24) is 14.5 Å². The van der Waals surface area contributed by atoms with Gasteiger partial charge in [-0.1, -0.05) is 0 Å². The van der Waals surface area contributed by atoms with Gasteiger partial charge in [-0.3, -0.25) is 14.2 Å². The highest BCUT2D eigenvalue weighted by Gasteiger charge is 2.12. The Morgan fingerprint density at radius 3 is 2.50 bits per heavy atom. The van der Waals surface area contributed by atoms with E-state index in [0.717, 1.165) is 0 Å². The first-order chi connectivity index (χ1) is 15.4. The minimum absolute atomic E-state index is 0.0547. The van der Waals surface area contributed by atoms with Crippen LogP contribution in [0, 0.1) is 5.82 Å². The third-order valence-corrected chi connectivity index (χ3v) is 5.05. The number of carbonyl (C=O) groups is 1. The van der Waals surface area contributed by atoms with Crippen LogP contribution in [0.15, 0.2) is 47.5 Å². The molecular weight excluding hydrogens is 417 g/mol. The largest absolute Gasteiger partial charge is 0.493 e. The van der Waals surface area contributed by atoms with Gasteiger partial charge in [0, 0.05) is 26.1 Å². The summed E-state index contributed by atoms with van der Waals surface area (Å²) in [6.07, 6.45) is 2.24. The molecule has 1 aromatic heterocycles. The summed E-state index contributed by atoms with van der Waals surface area (Å²) in [6.45, 7) is 1.06. The maximum Gasteiger partial charge on any atom is 0.261 e. The van der Waals surface area contributed by atoms with Gasteiger partial charge >= 0.3 is 0 Å². The lowest BCUT2D eigenvalue weighted by atomic mass is 10.2. The van der Waals surface area contributed by atoms with E-state index >= 15 is 0 Å². The molecule has 8 nitrogen and oxygen atoms in total. The number of nitrogens with zero attached hydrogens (tertiary/aromatic N) is 3. The summed E-state index contributed by atoms with van der Waals surface area (Å²) < 4.78 is 30.4. The summed E-state index contributed by atoms with van der Waals surface area (Å²) in [5.74, 6) is 1.12. The number of hydrogen-bond donors (Lipinski definition) is 0. The molecule has 0 atom stereocenters. The molecule has 0 unspecified atom stereocenters. The second-order valence-corrected chi connectivity index (χ2v) is 7.19. The third kappa shape index (κ3) is 5.54. The molecule has 2 aromatic carbocycles. The number of likely N-dealkylation sites (N-methyl/N-ethyl adjacent to an activating group) is 1. The first-order valence-electron chi connectivity index (χ1n) is 10.2. The first kappa shape index (κ1) is 23.1. The number of aryl methyl sites for hydroxylation is 1. The van der Waals surface area contributed by atoms with Crippen molar-refractivity contribution in [1.29, 1.82) is 0 Å². The smallest absolute Gasteiger partial charge is 0.261 e. The van der Waals surface area contributed by atoms with Crippen molar-refractivity contribution in [3.05, 3.63) is 58.9 Å². The van der Waals surface area contributed by atoms with Crippen molar-refractivity contribution in [2.24, 2.45) is 0 Å². The van der Waals surface area contributed by atoms with Gasteiger partial charge in [0.05, 0.1) is 38.0 Å². The molecule has 0 saturated heterocycles. The van der Waals surface area contributed by atoms with E-state index in [0.29, 0.717) is 54.3 Å². The van der Waals surface area contributed by atoms with Crippen molar-refractivity contribution in [2.75, 3.05) is 34.4 Å². The summed E-state index contributed by atoms with van der Waals surface area (Å²) in [5, 5.41) is 0.423. The van der Waals surface area contributed by atoms with Gasteiger partial charge < -0.3 is 19.1 Å². The van der Waals surface area contributed by atoms with E-state index < -0.39 is 0 Å². The van der Waals surface area contributed by atoms with Crippen LogP contribution >= 0.6 is 0 Å². The molecule has 0 aliphatic carbocycles. The second-order valence-electron chi connectivity index (χ2n) is 7.19. The standard InChI is InChI=1S/C23H26FN3O5/c1-26(11-12-32-17-8-6-16(24)7-9-17)22(28)5-4-10-27-15-25-19-14-21(31-3)20(30-2)13-18(19)23(27)29/h6-9,13-15H,4-5,10-12H2,1-3H3. The van der Waals surface area contributed by atoms with Gasteiger partial charge in [0.15, 0.2) is 11.5 Å². The van der Waals surface area contributed by atoms with Gasteiger partial charge in [0.25, 0.3) is 5.56 Å². The molecular formula is C23H26FN3O5. The fraction of sp³-hybridized carbons (Fsp3) is 0.348. The SMILES string of the molecule is COc1cc2ncn(CCCC(=O)N(C)CCOc3ccc(F)cc3)c(=O)c2cc1OC. The summed E-state index contributed by atoms with van der Waals surface area (Å²) in [4.78, 5) is 31.1. The van der Waals surface area contributed by atoms with Gasteiger partial charge in [-0.05, 0) is 36.8 Å². The second kappa shape index (κ2) is 10.6. The Labute approximate surface area is 185 Å². The molecule has 170 valence electrons. The van der Waals surface area contributed by atoms with Crippen molar-refractivity contribution in [3.63, 3.8) is 0 Å². The predicted molar refractivity (Wildman–Crippen MR) is 118 cm³/mol. The van der Waals surface area contributed by atoms with Gasteiger partial charge in [0.1, 0.15) is 18.2 Å².